The van der Waals surface area contributed by atoms with Crippen LogP contribution in [0.3, 0.4) is 0 Å². The van der Waals surface area contributed by atoms with Gasteiger partial charge < -0.3 is 33.2 Å². The number of benzene rings is 2. The second-order valence-corrected chi connectivity index (χ2v) is 19.0. The Hall–Kier alpha value is -3.67. The largest absolute Gasteiger partial charge is 0.488 e. The topological polar surface area (TPSA) is 133 Å². The van der Waals surface area contributed by atoms with Crippen molar-refractivity contribution in [3.63, 3.8) is 0 Å². The van der Waals surface area contributed by atoms with Crippen molar-refractivity contribution in [2.24, 2.45) is 21.7 Å². The number of esters is 4. The Morgan fingerprint density at radius 3 is 1.73 bits per heavy atom. The van der Waals surface area contributed by atoms with Gasteiger partial charge in [-0.3, -0.25) is 19.2 Å². The minimum absolute atomic E-state index is 0.0247. The summed E-state index contributed by atoms with van der Waals surface area (Å²) in [7, 11) is 0. The van der Waals surface area contributed by atoms with E-state index in [1.165, 1.54) is 0 Å². The van der Waals surface area contributed by atoms with Crippen LogP contribution in [0.2, 0.25) is 5.02 Å². The number of ether oxygens (including phenoxy) is 7. The van der Waals surface area contributed by atoms with Crippen molar-refractivity contribution in [2.75, 3.05) is 19.8 Å². The van der Waals surface area contributed by atoms with Gasteiger partial charge in [0, 0.05) is 11.4 Å². The van der Waals surface area contributed by atoms with Crippen molar-refractivity contribution in [3.05, 3.63) is 64.2 Å². The first-order valence-corrected chi connectivity index (χ1v) is 19.3. The maximum absolute atomic E-state index is 13.7. The van der Waals surface area contributed by atoms with Crippen molar-refractivity contribution in [2.45, 2.75) is 133 Å². The van der Waals surface area contributed by atoms with Gasteiger partial charge in [0.05, 0.1) is 34.9 Å². The van der Waals surface area contributed by atoms with Crippen LogP contribution in [0.5, 0.6) is 5.75 Å². The summed E-state index contributed by atoms with van der Waals surface area (Å²) in [6, 6.07) is 13.1. The molecule has 0 aliphatic carbocycles. The Bertz CT molecular complexity index is 1670. The number of carbonyl (C=O) groups is 4. The van der Waals surface area contributed by atoms with E-state index in [1.54, 1.807) is 95.2 Å². The molecule has 0 aromatic heterocycles. The van der Waals surface area contributed by atoms with Gasteiger partial charge in [-0.15, -0.1) is 0 Å². The van der Waals surface area contributed by atoms with Gasteiger partial charge in [-0.25, -0.2) is 0 Å². The first kappa shape index (κ1) is 44.0. The Kier molecular flexibility index (Phi) is 13.8. The second-order valence-electron chi connectivity index (χ2n) is 18.6. The van der Waals surface area contributed by atoms with Crippen molar-refractivity contribution in [1.82, 2.24) is 0 Å². The third-order valence-electron chi connectivity index (χ3n) is 9.10. The molecular weight excluding hydrogens is 728 g/mol. The minimum Gasteiger partial charge on any atom is -0.488 e. The molecule has 2 aliphatic rings. The van der Waals surface area contributed by atoms with Gasteiger partial charge in [-0.05, 0) is 124 Å². The van der Waals surface area contributed by atoms with Gasteiger partial charge in [0.15, 0.2) is 18.3 Å². The normalized spacial score (nSPS) is 23.4. The lowest BCUT2D eigenvalue weighted by Crippen LogP contribution is -2.61. The molecule has 2 aromatic rings. The summed E-state index contributed by atoms with van der Waals surface area (Å²) in [6.45, 7) is 21.3. The van der Waals surface area contributed by atoms with Gasteiger partial charge in [-0.1, -0.05) is 35.9 Å². The van der Waals surface area contributed by atoms with E-state index in [4.69, 9.17) is 44.8 Å². The van der Waals surface area contributed by atoms with Crippen LogP contribution in [-0.4, -0.2) is 74.2 Å². The smallest absolute Gasteiger partial charge is 0.311 e. The average molecular weight is 787 g/mol. The van der Waals surface area contributed by atoms with Crippen LogP contribution in [0.25, 0.3) is 0 Å². The second kappa shape index (κ2) is 17.2. The van der Waals surface area contributed by atoms with E-state index >= 15 is 0 Å². The van der Waals surface area contributed by atoms with E-state index < -0.39 is 76.1 Å². The Morgan fingerprint density at radius 2 is 1.22 bits per heavy atom. The summed E-state index contributed by atoms with van der Waals surface area (Å²) >= 11 is 6.79. The summed E-state index contributed by atoms with van der Waals surface area (Å²) in [6.07, 6.45) is -4.89. The van der Waals surface area contributed by atoms with Crippen LogP contribution in [-0.2, 0) is 54.0 Å². The fourth-order valence-corrected chi connectivity index (χ4v) is 5.79. The molecule has 0 N–H and O–H groups in total. The van der Waals surface area contributed by atoms with Crippen LogP contribution in [0.4, 0.5) is 0 Å². The van der Waals surface area contributed by atoms with Crippen molar-refractivity contribution < 1.29 is 52.3 Å². The molecule has 0 radical (unpaired) electrons. The molecule has 2 heterocycles. The summed E-state index contributed by atoms with van der Waals surface area (Å²) in [5.74, 6) is -1.61. The average Bonchev–Trinajstić information content (AvgIpc) is 3.58. The van der Waals surface area contributed by atoms with Crippen LogP contribution in [0.1, 0.15) is 112 Å². The number of halogens is 1. The SMILES string of the molecule is CC(C)(C)C(=O)OC[C@@H]1O[C@@H](c2ccc(Cl)c(Cc3ccc(O[C@H]4CCOC4)cc3)c2)[C@@H](OC(=O)C(C)(C)C)[C@H](OC(=O)C(C)(C)C)[C@H]1OC(=O)C(C)(C)C. The van der Waals surface area contributed by atoms with Crippen LogP contribution in [0.15, 0.2) is 42.5 Å². The van der Waals surface area contributed by atoms with E-state index in [1.807, 2.05) is 30.3 Å². The Balaban J connectivity index is 1.81. The molecule has 0 amide bonds. The third kappa shape index (κ3) is 11.9. The summed E-state index contributed by atoms with van der Waals surface area (Å²) in [5.41, 5.74) is -1.51. The lowest BCUT2D eigenvalue weighted by Gasteiger charge is -2.46. The number of hydrogen-bond donors (Lipinski definition) is 0. The van der Waals surface area contributed by atoms with E-state index in [2.05, 4.69) is 0 Å². The zero-order valence-electron chi connectivity index (χ0n) is 34.4. The monoisotopic (exact) mass is 786 g/mol. The summed E-state index contributed by atoms with van der Waals surface area (Å²) in [5, 5.41) is 0.495. The van der Waals surface area contributed by atoms with Gasteiger partial charge in [-0.2, -0.15) is 0 Å². The number of hydrogen-bond acceptors (Lipinski definition) is 11. The fraction of sp³-hybridized carbons (Fsp3) is 0.628. The lowest BCUT2D eigenvalue weighted by molar-refractivity contribution is -0.262. The molecule has 0 bridgehead atoms. The molecule has 2 saturated heterocycles. The van der Waals surface area contributed by atoms with E-state index in [0.29, 0.717) is 30.2 Å². The number of carbonyl (C=O) groups excluding carboxylic acids is 4. The molecule has 2 fully saturated rings. The highest BCUT2D eigenvalue weighted by atomic mass is 35.5. The predicted molar refractivity (Wildman–Crippen MR) is 207 cm³/mol. The predicted octanol–water partition coefficient (Wildman–Crippen LogP) is 8.00. The van der Waals surface area contributed by atoms with Gasteiger partial charge in [0.25, 0.3) is 0 Å². The van der Waals surface area contributed by atoms with E-state index in [0.717, 1.165) is 23.3 Å². The third-order valence-corrected chi connectivity index (χ3v) is 9.47. The fourth-order valence-electron chi connectivity index (χ4n) is 5.61. The molecule has 2 aliphatic heterocycles. The first-order chi connectivity index (χ1) is 25.3. The molecule has 6 atom stereocenters. The molecule has 304 valence electrons. The van der Waals surface area contributed by atoms with Gasteiger partial charge in [0.2, 0.25) is 0 Å². The summed E-state index contributed by atoms with van der Waals surface area (Å²) < 4.78 is 42.5. The molecular formula is C43H59ClO11. The summed E-state index contributed by atoms with van der Waals surface area (Å²) in [4.78, 5) is 54.0. The van der Waals surface area contributed by atoms with Crippen molar-refractivity contribution in [1.29, 1.82) is 0 Å². The Labute approximate surface area is 331 Å². The molecule has 2 aromatic carbocycles. The van der Waals surface area contributed by atoms with Gasteiger partial charge >= 0.3 is 23.9 Å². The highest BCUT2D eigenvalue weighted by Gasteiger charge is 2.55. The van der Waals surface area contributed by atoms with Crippen molar-refractivity contribution in [3.8, 4) is 5.75 Å². The highest BCUT2D eigenvalue weighted by molar-refractivity contribution is 6.31. The molecule has 12 heteroatoms. The molecule has 55 heavy (non-hydrogen) atoms. The standard InChI is InChI=1S/C43H59ClO11/c1-40(2,3)36(45)50-24-31-33(53-37(46)41(4,5)6)35(55-39(48)43(10,11)12)34(54-38(47)42(7,8)9)32(52-31)26-15-18-30(44)27(22-26)21-25-13-16-28(17-14-25)51-29-19-20-49-23-29/h13-18,22,29,31-35H,19-21,23-24H2,1-12H3/t29-,31-,32-,33-,34+,35+/m0/s1. The molecule has 0 spiro atoms. The quantitative estimate of drug-likeness (QED) is 0.171. The maximum Gasteiger partial charge on any atom is 0.311 e. The number of rotatable bonds is 10. The molecule has 0 saturated carbocycles. The molecule has 0 unspecified atom stereocenters. The zero-order chi connectivity index (χ0) is 41.1. The van der Waals surface area contributed by atoms with Crippen LogP contribution >= 0.6 is 11.6 Å². The van der Waals surface area contributed by atoms with E-state index in [9.17, 15) is 19.2 Å². The lowest BCUT2D eigenvalue weighted by atomic mass is 9.87. The van der Waals surface area contributed by atoms with Crippen LogP contribution < -0.4 is 4.74 Å². The van der Waals surface area contributed by atoms with Crippen LogP contribution in [0, 0.1) is 21.7 Å². The van der Waals surface area contributed by atoms with Crippen molar-refractivity contribution >= 4 is 35.5 Å². The maximum atomic E-state index is 13.7. The van der Waals surface area contributed by atoms with E-state index in [-0.39, 0.29) is 12.7 Å². The highest BCUT2D eigenvalue weighted by Crippen LogP contribution is 2.41. The minimum atomic E-state index is -1.36. The molecule has 4 rings (SSSR count). The van der Waals surface area contributed by atoms with Gasteiger partial charge in [0.1, 0.15) is 30.7 Å². The first-order valence-electron chi connectivity index (χ1n) is 18.9. The zero-order valence-corrected chi connectivity index (χ0v) is 35.2. The Morgan fingerprint density at radius 1 is 0.691 bits per heavy atom. The molecule has 11 nitrogen and oxygen atoms in total.